The van der Waals surface area contributed by atoms with Crippen molar-refractivity contribution in [3.05, 3.63) is 11.6 Å². The van der Waals surface area contributed by atoms with E-state index in [1.165, 1.54) is 0 Å². The molecule has 0 aromatic carbocycles. The molecule has 0 aliphatic rings. The Labute approximate surface area is 81.0 Å². The van der Waals surface area contributed by atoms with E-state index in [-0.39, 0.29) is 18.0 Å². The molecule has 76 valence electrons. The summed E-state index contributed by atoms with van der Waals surface area (Å²) in [6.45, 7) is 9.77. The molecule has 0 aromatic heterocycles. The van der Waals surface area contributed by atoms with Crippen molar-refractivity contribution in [2.24, 2.45) is 5.92 Å². The fourth-order valence-electron chi connectivity index (χ4n) is 1.02. The van der Waals surface area contributed by atoms with Gasteiger partial charge < -0.3 is 4.74 Å². The Bertz CT molecular complexity index is 192. The van der Waals surface area contributed by atoms with Crippen molar-refractivity contribution >= 4 is 5.97 Å². The fourth-order valence-corrected chi connectivity index (χ4v) is 1.02. The van der Waals surface area contributed by atoms with Gasteiger partial charge in [0.2, 0.25) is 0 Å². The van der Waals surface area contributed by atoms with Crippen LogP contribution in [0, 0.1) is 5.92 Å². The van der Waals surface area contributed by atoms with Crippen molar-refractivity contribution in [2.45, 2.75) is 47.1 Å². The molecule has 0 fully saturated rings. The van der Waals surface area contributed by atoms with Crippen LogP contribution in [0.2, 0.25) is 0 Å². The summed E-state index contributed by atoms with van der Waals surface area (Å²) < 4.78 is 5.21. The molecule has 0 aliphatic carbocycles. The van der Waals surface area contributed by atoms with Crippen molar-refractivity contribution in [1.82, 2.24) is 0 Å². The Morgan fingerprint density at radius 3 is 2.23 bits per heavy atom. The molecule has 0 spiro atoms. The Balaban J connectivity index is 4.24. The Hall–Kier alpha value is -0.790. The number of rotatable bonds is 4. The van der Waals surface area contributed by atoms with E-state index in [2.05, 4.69) is 0 Å². The topological polar surface area (TPSA) is 26.3 Å². The van der Waals surface area contributed by atoms with Crippen LogP contribution in [-0.4, -0.2) is 12.1 Å². The van der Waals surface area contributed by atoms with Gasteiger partial charge in [-0.15, -0.1) is 0 Å². The summed E-state index contributed by atoms with van der Waals surface area (Å²) in [7, 11) is 0. The van der Waals surface area contributed by atoms with Gasteiger partial charge in [0.1, 0.15) is 0 Å². The van der Waals surface area contributed by atoms with Crippen molar-refractivity contribution in [1.29, 1.82) is 0 Å². The Kier molecular flexibility index (Phi) is 5.44. The standard InChI is InChI=1S/C11H20O2/c1-6-9(5)13-11(12)10(7-2)8(3)4/h7-9H,6H2,1-5H3/b10-7+. The van der Waals surface area contributed by atoms with Gasteiger partial charge in [0.25, 0.3) is 0 Å². The largest absolute Gasteiger partial charge is 0.459 e. The number of carbonyl (C=O) groups is 1. The van der Waals surface area contributed by atoms with E-state index in [9.17, 15) is 4.79 Å². The summed E-state index contributed by atoms with van der Waals surface area (Å²) in [6, 6.07) is 0. The number of hydrogen-bond donors (Lipinski definition) is 0. The molecule has 1 unspecified atom stereocenters. The molecule has 1 atom stereocenters. The molecule has 0 heterocycles. The lowest BCUT2D eigenvalue weighted by molar-refractivity contribution is -0.144. The van der Waals surface area contributed by atoms with Gasteiger partial charge in [-0.1, -0.05) is 26.8 Å². The summed E-state index contributed by atoms with van der Waals surface area (Å²) in [4.78, 5) is 11.5. The highest BCUT2D eigenvalue weighted by atomic mass is 16.5. The maximum Gasteiger partial charge on any atom is 0.334 e. The van der Waals surface area contributed by atoms with E-state index in [0.717, 1.165) is 12.0 Å². The molecule has 0 rings (SSSR count). The molecule has 0 saturated heterocycles. The highest BCUT2D eigenvalue weighted by Gasteiger charge is 2.15. The predicted molar refractivity (Wildman–Crippen MR) is 54.4 cm³/mol. The highest BCUT2D eigenvalue weighted by Crippen LogP contribution is 2.12. The zero-order valence-electron chi connectivity index (χ0n) is 9.26. The molecule has 0 aliphatic heterocycles. The number of esters is 1. The van der Waals surface area contributed by atoms with Crippen LogP contribution in [0.1, 0.15) is 41.0 Å². The van der Waals surface area contributed by atoms with Gasteiger partial charge in [-0.25, -0.2) is 4.79 Å². The number of hydrogen-bond acceptors (Lipinski definition) is 2. The van der Waals surface area contributed by atoms with Crippen LogP contribution in [0.25, 0.3) is 0 Å². The van der Waals surface area contributed by atoms with E-state index in [0.29, 0.717) is 0 Å². The first-order valence-electron chi connectivity index (χ1n) is 4.90. The smallest absolute Gasteiger partial charge is 0.334 e. The van der Waals surface area contributed by atoms with E-state index in [1.807, 2.05) is 40.7 Å². The minimum atomic E-state index is -0.174. The molecule has 0 saturated carbocycles. The number of carbonyl (C=O) groups excluding carboxylic acids is 1. The van der Waals surface area contributed by atoms with Crippen LogP contribution in [0.5, 0.6) is 0 Å². The van der Waals surface area contributed by atoms with Gasteiger partial charge in [-0.05, 0) is 26.2 Å². The monoisotopic (exact) mass is 184 g/mol. The fraction of sp³-hybridized carbons (Fsp3) is 0.727. The summed E-state index contributed by atoms with van der Waals surface area (Å²) in [5.74, 6) is 0.0633. The molecular formula is C11H20O2. The summed E-state index contributed by atoms with van der Waals surface area (Å²) in [5, 5.41) is 0. The van der Waals surface area contributed by atoms with Crippen LogP contribution in [0.3, 0.4) is 0 Å². The molecule has 2 heteroatoms. The zero-order chi connectivity index (χ0) is 10.4. The minimum absolute atomic E-state index is 0.0150. The SMILES string of the molecule is C/C=C(/C(=O)OC(C)CC)C(C)C. The molecule has 0 bridgehead atoms. The van der Waals surface area contributed by atoms with Gasteiger partial charge in [-0.2, -0.15) is 0 Å². The lowest BCUT2D eigenvalue weighted by Crippen LogP contribution is -2.18. The second-order valence-electron chi connectivity index (χ2n) is 3.52. The first kappa shape index (κ1) is 12.2. The van der Waals surface area contributed by atoms with Gasteiger partial charge in [0.05, 0.1) is 6.10 Å². The van der Waals surface area contributed by atoms with Crippen LogP contribution in [0.15, 0.2) is 11.6 Å². The second kappa shape index (κ2) is 5.79. The van der Waals surface area contributed by atoms with Crippen LogP contribution < -0.4 is 0 Å². The van der Waals surface area contributed by atoms with Gasteiger partial charge in [-0.3, -0.25) is 0 Å². The molecule has 13 heavy (non-hydrogen) atoms. The Morgan fingerprint density at radius 1 is 1.38 bits per heavy atom. The third kappa shape index (κ3) is 4.11. The molecule has 0 aromatic rings. The molecule has 0 N–H and O–H groups in total. The van der Waals surface area contributed by atoms with Crippen molar-refractivity contribution < 1.29 is 9.53 Å². The zero-order valence-corrected chi connectivity index (χ0v) is 9.26. The van der Waals surface area contributed by atoms with Gasteiger partial charge in [0.15, 0.2) is 0 Å². The minimum Gasteiger partial charge on any atom is -0.459 e. The van der Waals surface area contributed by atoms with Crippen LogP contribution in [-0.2, 0) is 9.53 Å². The maximum absolute atomic E-state index is 11.5. The van der Waals surface area contributed by atoms with E-state index in [1.54, 1.807) is 0 Å². The molecule has 0 amide bonds. The molecule has 0 radical (unpaired) electrons. The lowest BCUT2D eigenvalue weighted by Gasteiger charge is -2.14. The van der Waals surface area contributed by atoms with Crippen molar-refractivity contribution in [3.8, 4) is 0 Å². The maximum atomic E-state index is 11.5. The van der Waals surface area contributed by atoms with Crippen molar-refractivity contribution in [2.75, 3.05) is 0 Å². The first-order chi connectivity index (χ1) is 6.02. The number of ether oxygens (including phenoxy) is 1. The summed E-state index contributed by atoms with van der Waals surface area (Å²) in [5.41, 5.74) is 0.764. The number of allylic oxidation sites excluding steroid dienone is 1. The first-order valence-corrected chi connectivity index (χ1v) is 4.90. The van der Waals surface area contributed by atoms with Crippen LogP contribution in [0.4, 0.5) is 0 Å². The summed E-state index contributed by atoms with van der Waals surface area (Å²) >= 11 is 0. The van der Waals surface area contributed by atoms with Crippen LogP contribution >= 0.6 is 0 Å². The Morgan fingerprint density at radius 2 is 1.92 bits per heavy atom. The van der Waals surface area contributed by atoms with E-state index < -0.39 is 0 Å². The highest BCUT2D eigenvalue weighted by molar-refractivity contribution is 5.88. The van der Waals surface area contributed by atoms with Gasteiger partial charge in [0, 0.05) is 5.57 Å². The average Bonchev–Trinajstić information content (AvgIpc) is 2.04. The quantitative estimate of drug-likeness (QED) is 0.496. The average molecular weight is 184 g/mol. The van der Waals surface area contributed by atoms with Gasteiger partial charge >= 0.3 is 5.97 Å². The lowest BCUT2D eigenvalue weighted by atomic mass is 10.0. The molecule has 2 nitrogen and oxygen atoms in total. The third-order valence-electron chi connectivity index (χ3n) is 2.05. The summed E-state index contributed by atoms with van der Waals surface area (Å²) in [6.07, 6.45) is 2.71. The molecular weight excluding hydrogens is 164 g/mol. The predicted octanol–water partition coefficient (Wildman–Crippen LogP) is 2.93. The van der Waals surface area contributed by atoms with Crippen molar-refractivity contribution in [3.63, 3.8) is 0 Å². The third-order valence-corrected chi connectivity index (χ3v) is 2.05. The van der Waals surface area contributed by atoms with E-state index >= 15 is 0 Å². The van der Waals surface area contributed by atoms with E-state index in [4.69, 9.17) is 4.74 Å². The second-order valence-corrected chi connectivity index (χ2v) is 3.52. The normalized spacial score (nSPS) is 14.5.